The van der Waals surface area contributed by atoms with Crippen molar-refractivity contribution in [3.8, 4) is 11.4 Å². The molecule has 6 nitrogen and oxygen atoms in total. The molecule has 0 radical (unpaired) electrons. The van der Waals surface area contributed by atoms with Crippen LogP contribution in [0.5, 0.6) is 0 Å². The number of hydrogen-bond acceptors (Lipinski definition) is 5. The van der Waals surface area contributed by atoms with Gasteiger partial charge in [0.2, 0.25) is 5.91 Å². The normalized spacial score (nSPS) is 15.2. The van der Waals surface area contributed by atoms with Crippen molar-refractivity contribution in [3.05, 3.63) is 29.3 Å². The van der Waals surface area contributed by atoms with Gasteiger partial charge in [0.05, 0.1) is 10.8 Å². The van der Waals surface area contributed by atoms with Crippen molar-refractivity contribution < 1.29 is 9.53 Å². The van der Waals surface area contributed by atoms with Crippen molar-refractivity contribution in [1.29, 1.82) is 0 Å². The summed E-state index contributed by atoms with van der Waals surface area (Å²) in [4.78, 5) is 14.8. The van der Waals surface area contributed by atoms with Crippen LogP contribution in [0.25, 0.3) is 11.4 Å². The van der Waals surface area contributed by atoms with E-state index in [1.165, 1.54) is 31.0 Å². The number of aromatic nitrogens is 3. The number of ether oxygens (including phenoxy) is 1. The van der Waals surface area contributed by atoms with E-state index >= 15 is 0 Å². The van der Waals surface area contributed by atoms with Crippen LogP contribution in [0.4, 0.5) is 0 Å². The number of carbonyl (C=O) groups is 1. The molecule has 2 heterocycles. The van der Waals surface area contributed by atoms with Gasteiger partial charge in [-0.1, -0.05) is 54.8 Å². The highest BCUT2D eigenvalue weighted by Crippen LogP contribution is 2.29. The molecule has 1 aliphatic rings. The summed E-state index contributed by atoms with van der Waals surface area (Å²) in [7, 11) is 1.69. The number of halogens is 1. The zero-order valence-corrected chi connectivity index (χ0v) is 18.6. The maximum absolute atomic E-state index is 12.7. The highest BCUT2D eigenvalue weighted by Gasteiger charge is 2.19. The molecule has 1 fully saturated rings. The van der Waals surface area contributed by atoms with Gasteiger partial charge in [-0.25, -0.2) is 0 Å². The predicted octanol–water partition coefficient (Wildman–Crippen LogP) is 4.52. The van der Waals surface area contributed by atoms with Crippen molar-refractivity contribution in [1.82, 2.24) is 19.7 Å². The Labute approximate surface area is 182 Å². The summed E-state index contributed by atoms with van der Waals surface area (Å²) >= 11 is 7.84. The second kappa shape index (κ2) is 11.6. The Morgan fingerprint density at radius 2 is 1.86 bits per heavy atom. The minimum Gasteiger partial charge on any atom is -0.385 e. The van der Waals surface area contributed by atoms with Gasteiger partial charge in [-0.2, -0.15) is 0 Å². The van der Waals surface area contributed by atoms with Gasteiger partial charge in [-0.15, -0.1) is 10.2 Å². The number of likely N-dealkylation sites (tertiary alicyclic amines) is 1. The number of benzene rings is 1. The fraction of sp³-hybridized carbons (Fsp3) is 0.571. The molecule has 1 amide bonds. The molecule has 1 aromatic carbocycles. The number of carbonyl (C=O) groups excluding carboxylic acids is 1. The first-order chi connectivity index (χ1) is 14.2. The first-order valence-corrected chi connectivity index (χ1v) is 11.6. The number of nitrogens with zero attached hydrogens (tertiary/aromatic N) is 4. The predicted molar refractivity (Wildman–Crippen MR) is 117 cm³/mol. The lowest BCUT2D eigenvalue weighted by atomic mass is 10.1. The lowest BCUT2D eigenvalue weighted by Crippen LogP contribution is -2.35. The molecule has 0 aliphatic carbocycles. The smallest absolute Gasteiger partial charge is 0.233 e. The van der Waals surface area contributed by atoms with E-state index < -0.39 is 0 Å². The molecule has 0 unspecified atom stereocenters. The second-order valence-corrected chi connectivity index (χ2v) is 8.57. The number of thioether (sulfide) groups is 1. The van der Waals surface area contributed by atoms with Gasteiger partial charge in [0.15, 0.2) is 11.0 Å². The Balaban J connectivity index is 1.72. The molecule has 0 saturated carbocycles. The quantitative estimate of drug-likeness (QED) is 0.449. The van der Waals surface area contributed by atoms with Crippen LogP contribution < -0.4 is 0 Å². The lowest BCUT2D eigenvalue weighted by Gasteiger charge is -2.24. The third-order valence-corrected chi connectivity index (χ3v) is 6.38. The number of methoxy groups -OCH3 is 1. The Bertz CT molecular complexity index is 791. The van der Waals surface area contributed by atoms with Gasteiger partial charge < -0.3 is 14.2 Å². The summed E-state index contributed by atoms with van der Waals surface area (Å²) < 4.78 is 7.25. The summed E-state index contributed by atoms with van der Waals surface area (Å²) in [6, 6.07) is 7.63. The molecule has 0 bridgehead atoms. The van der Waals surface area contributed by atoms with E-state index in [0.29, 0.717) is 23.9 Å². The molecule has 0 spiro atoms. The van der Waals surface area contributed by atoms with Crippen LogP contribution in [0, 0.1) is 0 Å². The van der Waals surface area contributed by atoms with Crippen LogP contribution in [-0.4, -0.2) is 58.1 Å². The van der Waals surface area contributed by atoms with E-state index in [1.807, 2.05) is 33.7 Å². The van der Waals surface area contributed by atoms with Gasteiger partial charge >= 0.3 is 0 Å². The van der Waals surface area contributed by atoms with Crippen LogP contribution in [-0.2, 0) is 16.1 Å². The topological polar surface area (TPSA) is 60.2 Å². The van der Waals surface area contributed by atoms with E-state index in [0.717, 1.165) is 48.9 Å². The molecular weight excluding hydrogens is 408 g/mol. The summed E-state index contributed by atoms with van der Waals surface area (Å²) in [6.45, 7) is 3.09. The number of hydrogen-bond donors (Lipinski definition) is 0. The van der Waals surface area contributed by atoms with Crippen LogP contribution in [0.3, 0.4) is 0 Å². The first-order valence-electron chi connectivity index (χ1n) is 10.3. The summed E-state index contributed by atoms with van der Waals surface area (Å²) in [5.41, 5.74) is 0.848. The maximum Gasteiger partial charge on any atom is 0.233 e. The highest BCUT2D eigenvalue weighted by atomic mass is 35.5. The van der Waals surface area contributed by atoms with E-state index in [4.69, 9.17) is 16.3 Å². The fourth-order valence-corrected chi connectivity index (χ4v) is 4.61. The largest absolute Gasteiger partial charge is 0.385 e. The SMILES string of the molecule is COCCCn1c(SCC(=O)N2CCCCCCC2)nnc1-c1ccccc1Cl. The average Bonchev–Trinajstić information content (AvgIpc) is 3.09. The zero-order chi connectivity index (χ0) is 20.5. The van der Waals surface area contributed by atoms with E-state index in [1.54, 1.807) is 7.11 Å². The monoisotopic (exact) mass is 436 g/mol. The molecule has 2 aromatic rings. The van der Waals surface area contributed by atoms with Crippen LogP contribution in [0.15, 0.2) is 29.4 Å². The Morgan fingerprint density at radius 3 is 2.59 bits per heavy atom. The second-order valence-electron chi connectivity index (χ2n) is 7.22. The number of rotatable bonds is 8. The van der Waals surface area contributed by atoms with Crippen molar-refractivity contribution >= 4 is 29.3 Å². The van der Waals surface area contributed by atoms with E-state index in [2.05, 4.69) is 10.2 Å². The number of amides is 1. The Kier molecular flexibility index (Phi) is 8.83. The van der Waals surface area contributed by atoms with Crippen LogP contribution in [0.1, 0.15) is 38.5 Å². The van der Waals surface area contributed by atoms with E-state index in [9.17, 15) is 4.79 Å². The van der Waals surface area contributed by atoms with Crippen LogP contribution >= 0.6 is 23.4 Å². The van der Waals surface area contributed by atoms with E-state index in [-0.39, 0.29) is 5.91 Å². The summed E-state index contributed by atoms with van der Waals surface area (Å²) in [6.07, 6.45) is 6.74. The molecular formula is C21H29ClN4O2S. The van der Waals surface area contributed by atoms with Crippen molar-refractivity contribution in [2.45, 2.75) is 50.2 Å². The van der Waals surface area contributed by atoms with Crippen molar-refractivity contribution in [3.63, 3.8) is 0 Å². The fourth-order valence-electron chi connectivity index (χ4n) is 3.52. The van der Waals surface area contributed by atoms with Crippen LogP contribution in [0.2, 0.25) is 5.02 Å². The van der Waals surface area contributed by atoms with Gasteiger partial charge in [-0.3, -0.25) is 4.79 Å². The molecule has 1 saturated heterocycles. The van der Waals surface area contributed by atoms with Gasteiger partial charge in [0, 0.05) is 38.9 Å². The molecule has 1 aliphatic heterocycles. The molecule has 158 valence electrons. The average molecular weight is 437 g/mol. The minimum absolute atomic E-state index is 0.183. The molecule has 0 atom stereocenters. The highest BCUT2D eigenvalue weighted by molar-refractivity contribution is 7.99. The standard InChI is InChI=1S/C21H29ClN4O2S/c1-28-15-9-14-26-20(17-10-5-6-11-18(17)22)23-24-21(26)29-16-19(27)25-12-7-3-2-4-8-13-25/h5-6,10-11H,2-4,7-9,12-16H2,1H3. The Morgan fingerprint density at radius 1 is 1.14 bits per heavy atom. The maximum atomic E-state index is 12.7. The molecule has 1 aromatic heterocycles. The zero-order valence-electron chi connectivity index (χ0n) is 17.0. The summed E-state index contributed by atoms with van der Waals surface area (Å²) in [5.74, 6) is 1.29. The third-order valence-electron chi connectivity index (χ3n) is 5.10. The van der Waals surface area contributed by atoms with Gasteiger partial charge in [0.25, 0.3) is 0 Å². The van der Waals surface area contributed by atoms with Crippen molar-refractivity contribution in [2.24, 2.45) is 0 Å². The van der Waals surface area contributed by atoms with Crippen molar-refractivity contribution in [2.75, 3.05) is 32.6 Å². The third kappa shape index (κ3) is 6.20. The molecule has 8 heteroatoms. The van der Waals surface area contributed by atoms with Gasteiger partial charge in [-0.05, 0) is 31.4 Å². The lowest BCUT2D eigenvalue weighted by molar-refractivity contribution is -0.128. The first kappa shape index (κ1) is 22.1. The molecule has 0 N–H and O–H groups in total. The minimum atomic E-state index is 0.183. The molecule has 29 heavy (non-hydrogen) atoms. The Hall–Kier alpha value is -1.57. The van der Waals surface area contributed by atoms with Gasteiger partial charge in [0.1, 0.15) is 0 Å². The summed E-state index contributed by atoms with van der Waals surface area (Å²) in [5, 5.41) is 10.1. The molecule has 3 rings (SSSR count).